The van der Waals surface area contributed by atoms with Crippen LogP contribution in [-0.2, 0) is 15.1 Å². The van der Waals surface area contributed by atoms with E-state index in [4.69, 9.17) is 0 Å². The van der Waals surface area contributed by atoms with Crippen molar-refractivity contribution in [3.8, 4) is 0 Å². The van der Waals surface area contributed by atoms with Gasteiger partial charge in [0, 0.05) is 27.9 Å². The fourth-order valence-electron chi connectivity index (χ4n) is 3.40. The van der Waals surface area contributed by atoms with Gasteiger partial charge < -0.3 is 4.90 Å². The highest BCUT2D eigenvalue weighted by atomic mass is 32.2. The maximum atomic E-state index is 12.4. The van der Waals surface area contributed by atoms with E-state index in [0.717, 1.165) is 38.2 Å². The molecule has 2 aliphatic heterocycles. The molecule has 3 rings (SSSR count). The lowest BCUT2D eigenvalue weighted by Crippen LogP contribution is -2.44. The van der Waals surface area contributed by atoms with Crippen molar-refractivity contribution in [1.82, 2.24) is 4.90 Å². The summed E-state index contributed by atoms with van der Waals surface area (Å²) in [6.45, 7) is 3.09. The highest BCUT2D eigenvalue weighted by Gasteiger charge is 2.45. The van der Waals surface area contributed by atoms with Gasteiger partial charge in [-0.05, 0) is 50.5 Å². The third kappa shape index (κ3) is 2.07. The number of hydrogen-bond acceptors (Lipinski definition) is 2. The first-order valence-electron chi connectivity index (χ1n) is 6.80. The number of likely N-dealkylation sites (tertiary alicyclic amines) is 1. The van der Waals surface area contributed by atoms with Gasteiger partial charge in [0.1, 0.15) is 0 Å². The normalized spacial score (nSPS) is 25.3. The van der Waals surface area contributed by atoms with E-state index in [2.05, 4.69) is 36.0 Å². The topological polar surface area (TPSA) is 23.6 Å². The number of para-hydroxylation sites is 1. The number of nitrogens with zero attached hydrogens (tertiary/aromatic N) is 2. The molecule has 1 aromatic rings. The van der Waals surface area contributed by atoms with E-state index in [9.17, 15) is 4.21 Å². The minimum atomic E-state index is -2.19. The van der Waals surface area contributed by atoms with Crippen LogP contribution in [0.15, 0.2) is 24.3 Å². The second-order valence-electron chi connectivity index (χ2n) is 6.10. The van der Waals surface area contributed by atoms with E-state index in [1.165, 1.54) is 5.56 Å². The van der Waals surface area contributed by atoms with E-state index in [1.807, 2.05) is 10.4 Å². The summed E-state index contributed by atoms with van der Waals surface area (Å²) in [5.74, 6) is 3.89. The molecule has 19 heavy (non-hydrogen) atoms. The van der Waals surface area contributed by atoms with Crippen LogP contribution in [0.2, 0.25) is 0 Å². The summed E-state index contributed by atoms with van der Waals surface area (Å²) in [4.78, 5) is 2.38. The zero-order valence-corrected chi connectivity index (χ0v) is 12.6. The Morgan fingerprint density at radius 3 is 2.53 bits per heavy atom. The van der Waals surface area contributed by atoms with Gasteiger partial charge in [0.2, 0.25) is 0 Å². The summed E-state index contributed by atoms with van der Waals surface area (Å²) in [6, 6.07) is 8.44. The minimum Gasteiger partial charge on any atom is -0.306 e. The van der Waals surface area contributed by atoms with Gasteiger partial charge >= 0.3 is 0 Å². The van der Waals surface area contributed by atoms with Gasteiger partial charge in [-0.15, -0.1) is 0 Å². The average Bonchev–Trinajstić information content (AvgIpc) is 2.69. The van der Waals surface area contributed by atoms with Crippen LogP contribution in [-0.4, -0.2) is 47.9 Å². The summed E-state index contributed by atoms with van der Waals surface area (Å²) < 4.78 is 14.5. The van der Waals surface area contributed by atoms with E-state index >= 15 is 0 Å². The number of fused-ring (bicyclic) bond motifs is 2. The van der Waals surface area contributed by atoms with Gasteiger partial charge in [-0.1, -0.05) is 18.2 Å². The van der Waals surface area contributed by atoms with Crippen molar-refractivity contribution >= 4 is 21.3 Å². The predicted octanol–water partition coefficient (Wildman–Crippen LogP) is 1.73. The number of rotatable bonds is 1. The molecule has 4 heteroatoms. The van der Waals surface area contributed by atoms with Crippen molar-refractivity contribution in [3.63, 3.8) is 0 Å². The Kier molecular flexibility index (Phi) is 2.91. The molecule has 0 radical (unpaired) electrons. The van der Waals surface area contributed by atoms with Gasteiger partial charge in [-0.2, -0.15) is 0 Å². The third-order valence-electron chi connectivity index (χ3n) is 4.60. The Balaban J connectivity index is 2.07. The van der Waals surface area contributed by atoms with Crippen LogP contribution in [0.5, 0.6) is 0 Å². The Hall–Kier alpha value is -1.00. The van der Waals surface area contributed by atoms with Gasteiger partial charge in [0.25, 0.3) is 0 Å². The summed E-state index contributed by atoms with van der Waals surface area (Å²) >= 11 is 0. The lowest BCUT2D eigenvalue weighted by atomic mass is 9.74. The number of hydrogen-bond donors (Lipinski definition) is 0. The fraction of sp³-hybridized carbons (Fsp3) is 0.533. The van der Waals surface area contributed by atoms with E-state index in [-0.39, 0.29) is 5.41 Å². The molecule has 0 aromatic heterocycles. The zero-order valence-electron chi connectivity index (χ0n) is 11.8. The summed E-state index contributed by atoms with van der Waals surface area (Å²) in [7, 11) is -0.00869. The summed E-state index contributed by atoms with van der Waals surface area (Å²) in [5, 5.41) is 0. The van der Waals surface area contributed by atoms with Gasteiger partial charge in [0.15, 0.2) is 0 Å². The van der Waals surface area contributed by atoms with Gasteiger partial charge in [0.05, 0.1) is 5.69 Å². The third-order valence-corrected chi connectivity index (χ3v) is 5.86. The van der Waals surface area contributed by atoms with Gasteiger partial charge in [-0.25, -0.2) is 4.21 Å². The van der Waals surface area contributed by atoms with Crippen molar-refractivity contribution in [2.24, 2.45) is 0 Å². The number of anilines is 1. The molecule has 3 nitrogen and oxygen atoms in total. The van der Waals surface area contributed by atoms with Crippen molar-refractivity contribution in [2.75, 3.05) is 37.2 Å². The Labute approximate surface area is 116 Å². The second kappa shape index (κ2) is 4.25. The smallest absolute Gasteiger partial charge is 0.0525 e. The van der Waals surface area contributed by atoms with Gasteiger partial charge in [-0.3, -0.25) is 4.31 Å². The highest BCUT2D eigenvalue weighted by molar-refractivity contribution is 8.00. The molecule has 2 heterocycles. The number of piperidine rings is 1. The summed E-state index contributed by atoms with van der Waals surface area (Å²) in [5.41, 5.74) is 2.69. The molecule has 2 aliphatic rings. The molecule has 1 atom stereocenters. The molecule has 104 valence electrons. The maximum absolute atomic E-state index is 12.4. The monoisotopic (exact) mass is 278 g/mol. The van der Waals surface area contributed by atoms with Crippen LogP contribution in [0.1, 0.15) is 18.4 Å². The van der Waals surface area contributed by atoms with E-state index in [1.54, 1.807) is 6.26 Å². The van der Waals surface area contributed by atoms with Crippen LogP contribution < -0.4 is 4.31 Å². The van der Waals surface area contributed by atoms with Crippen LogP contribution in [0.4, 0.5) is 5.69 Å². The SMILES string of the molecule is C=S(C)(=O)N1CC2(CCN(C)CC2)c2ccccc21. The molecule has 1 aromatic carbocycles. The predicted molar refractivity (Wildman–Crippen MR) is 83.4 cm³/mol. The van der Waals surface area contributed by atoms with Crippen molar-refractivity contribution in [3.05, 3.63) is 29.8 Å². The summed E-state index contributed by atoms with van der Waals surface area (Å²) in [6.07, 6.45) is 4.04. The molecular formula is C15H22N2OS. The largest absolute Gasteiger partial charge is 0.306 e. The fourth-order valence-corrected chi connectivity index (χ4v) is 4.50. The van der Waals surface area contributed by atoms with Crippen LogP contribution in [0.3, 0.4) is 0 Å². The molecule has 0 N–H and O–H groups in total. The van der Waals surface area contributed by atoms with Crippen molar-refractivity contribution in [1.29, 1.82) is 0 Å². The lowest BCUT2D eigenvalue weighted by molar-refractivity contribution is 0.198. The Morgan fingerprint density at radius 1 is 1.26 bits per heavy atom. The van der Waals surface area contributed by atoms with E-state index in [0.29, 0.717) is 0 Å². The maximum Gasteiger partial charge on any atom is 0.0525 e. The molecule has 1 saturated heterocycles. The molecule has 1 spiro atoms. The van der Waals surface area contributed by atoms with E-state index < -0.39 is 9.71 Å². The Bertz CT molecular complexity index is 586. The molecule has 1 unspecified atom stereocenters. The van der Waals surface area contributed by atoms with Crippen molar-refractivity contribution in [2.45, 2.75) is 18.3 Å². The van der Waals surface area contributed by atoms with Crippen molar-refractivity contribution < 1.29 is 4.21 Å². The number of benzene rings is 1. The average molecular weight is 278 g/mol. The highest BCUT2D eigenvalue weighted by Crippen LogP contribution is 2.47. The first kappa shape index (κ1) is 13.0. The van der Waals surface area contributed by atoms with Crippen LogP contribution in [0.25, 0.3) is 0 Å². The first-order chi connectivity index (χ1) is 8.92. The molecule has 0 amide bonds. The molecular weight excluding hydrogens is 256 g/mol. The second-order valence-corrected chi connectivity index (χ2v) is 8.46. The van der Waals surface area contributed by atoms with Crippen LogP contribution >= 0.6 is 0 Å². The Morgan fingerprint density at radius 2 is 1.89 bits per heavy atom. The molecule has 0 bridgehead atoms. The van der Waals surface area contributed by atoms with Crippen LogP contribution in [0, 0.1) is 0 Å². The zero-order chi connectivity index (χ0) is 13.7. The molecule has 0 saturated carbocycles. The minimum absolute atomic E-state index is 0.180. The standard InChI is InChI=1S/C15H22N2OS/c1-16-10-8-15(9-11-16)12-17(19(2,3)18)14-7-5-4-6-13(14)15/h4-7H,2,8-12H2,1,3H3. The quantitative estimate of drug-likeness (QED) is 0.731. The molecule has 1 fully saturated rings. The molecule has 0 aliphatic carbocycles. The first-order valence-corrected chi connectivity index (χ1v) is 8.90. The lowest BCUT2D eigenvalue weighted by Gasteiger charge is -2.38.